The van der Waals surface area contributed by atoms with Crippen LogP contribution in [-0.4, -0.2) is 20.0 Å². The number of rotatable bonds is 3. The molecule has 2 heterocycles. The zero-order chi connectivity index (χ0) is 13.8. The van der Waals surface area contributed by atoms with Crippen molar-refractivity contribution < 1.29 is 4.74 Å². The third kappa shape index (κ3) is 2.47. The number of pyridine rings is 1. The van der Waals surface area contributed by atoms with E-state index < -0.39 is 0 Å². The van der Waals surface area contributed by atoms with E-state index in [0.717, 1.165) is 5.69 Å². The van der Waals surface area contributed by atoms with E-state index in [9.17, 15) is 0 Å². The van der Waals surface area contributed by atoms with Crippen LogP contribution in [0.4, 0.5) is 0 Å². The Labute approximate surface area is 114 Å². The van der Waals surface area contributed by atoms with Gasteiger partial charge in [-0.2, -0.15) is 5.26 Å². The second-order valence-corrected chi connectivity index (χ2v) is 3.94. The van der Waals surface area contributed by atoms with Crippen LogP contribution in [0.3, 0.4) is 0 Å². The summed E-state index contributed by atoms with van der Waals surface area (Å²) >= 11 is 0. The molecule has 6 nitrogen and oxygen atoms in total. The summed E-state index contributed by atoms with van der Waals surface area (Å²) in [5.74, 6) is 1.06. The summed E-state index contributed by atoms with van der Waals surface area (Å²) < 4.78 is 7.27. The van der Waals surface area contributed by atoms with Crippen LogP contribution in [-0.2, 0) is 0 Å². The van der Waals surface area contributed by atoms with Crippen molar-refractivity contribution in [1.29, 1.82) is 5.26 Å². The zero-order valence-corrected chi connectivity index (χ0v) is 10.3. The number of hydrogen-bond donors (Lipinski definition) is 0. The minimum Gasteiger partial charge on any atom is -0.439 e. The predicted octanol–water partition coefficient (Wildman–Crippen LogP) is 2.33. The van der Waals surface area contributed by atoms with E-state index in [4.69, 9.17) is 10.00 Å². The Morgan fingerprint density at radius 2 is 2.15 bits per heavy atom. The Morgan fingerprint density at radius 3 is 2.85 bits per heavy atom. The third-order valence-electron chi connectivity index (χ3n) is 2.59. The minimum absolute atomic E-state index is 0.430. The summed E-state index contributed by atoms with van der Waals surface area (Å²) in [5, 5.41) is 16.4. The van der Waals surface area contributed by atoms with Gasteiger partial charge in [0, 0.05) is 18.3 Å². The van der Waals surface area contributed by atoms with E-state index in [1.807, 2.05) is 30.3 Å². The van der Waals surface area contributed by atoms with Crippen LogP contribution in [0.2, 0.25) is 0 Å². The van der Waals surface area contributed by atoms with Gasteiger partial charge in [0.25, 0.3) is 0 Å². The highest BCUT2D eigenvalue weighted by Gasteiger charge is 2.02. The maximum atomic E-state index is 8.71. The first kappa shape index (κ1) is 11.9. The fraction of sp³-hybridized carbons (Fsp3) is 0. The van der Waals surface area contributed by atoms with Gasteiger partial charge in [-0.25, -0.2) is 9.67 Å². The van der Waals surface area contributed by atoms with Crippen molar-refractivity contribution in [3.8, 4) is 23.4 Å². The van der Waals surface area contributed by atoms with Crippen LogP contribution in [0.1, 0.15) is 5.56 Å². The van der Waals surface area contributed by atoms with Gasteiger partial charge in [-0.05, 0) is 18.2 Å². The molecule has 3 aromatic rings. The largest absolute Gasteiger partial charge is 0.439 e. The Hall–Kier alpha value is -3.20. The SMILES string of the molecule is N#Cc1ccc(Oc2cccc(-n3ccnn3)c2)nc1. The molecule has 0 spiro atoms. The molecule has 1 aromatic carbocycles. The molecule has 6 heteroatoms. The first-order valence-electron chi connectivity index (χ1n) is 5.86. The smallest absolute Gasteiger partial charge is 0.219 e. The molecule has 0 fully saturated rings. The Bertz CT molecular complexity index is 744. The lowest BCUT2D eigenvalue weighted by molar-refractivity contribution is 0.462. The summed E-state index contributed by atoms with van der Waals surface area (Å²) in [7, 11) is 0. The minimum atomic E-state index is 0.430. The molecule has 96 valence electrons. The Morgan fingerprint density at radius 1 is 1.20 bits per heavy atom. The van der Waals surface area contributed by atoms with Crippen LogP contribution in [0.15, 0.2) is 55.0 Å². The van der Waals surface area contributed by atoms with Gasteiger partial charge in [-0.1, -0.05) is 11.3 Å². The van der Waals surface area contributed by atoms with Gasteiger partial charge < -0.3 is 4.74 Å². The maximum absolute atomic E-state index is 8.71. The zero-order valence-electron chi connectivity index (χ0n) is 10.3. The van der Waals surface area contributed by atoms with E-state index in [0.29, 0.717) is 17.2 Å². The molecule has 20 heavy (non-hydrogen) atoms. The molecule has 0 amide bonds. The van der Waals surface area contributed by atoms with E-state index in [-0.39, 0.29) is 0 Å². The lowest BCUT2D eigenvalue weighted by Crippen LogP contribution is -1.95. The normalized spacial score (nSPS) is 9.95. The first-order chi connectivity index (χ1) is 9.85. The maximum Gasteiger partial charge on any atom is 0.219 e. The summed E-state index contributed by atoms with van der Waals surface area (Å²) in [6.07, 6.45) is 4.82. The van der Waals surface area contributed by atoms with E-state index in [2.05, 4.69) is 15.3 Å². The highest BCUT2D eigenvalue weighted by molar-refractivity contribution is 5.40. The average Bonchev–Trinajstić information content (AvgIpc) is 3.03. The van der Waals surface area contributed by atoms with Gasteiger partial charge in [-0.3, -0.25) is 0 Å². The van der Waals surface area contributed by atoms with Crippen molar-refractivity contribution in [2.24, 2.45) is 0 Å². The topological polar surface area (TPSA) is 76.6 Å². The lowest BCUT2D eigenvalue weighted by Gasteiger charge is -2.06. The van der Waals surface area contributed by atoms with Gasteiger partial charge in [0.15, 0.2) is 0 Å². The molecule has 0 saturated heterocycles. The standard InChI is InChI=1S/C14H9N5O/c15-9-11-4-5-14(16-10-11)20-13-3-1-2-12(8-13)19-7-6-17-18-19/h1-8,10H. The second-order valence-electron chi connectivity index (χ2n) is 3.94. The molecule has 0 radical (unpaired) electrons. The van der Waals surface area contributed by atoms with Gasteiger partial charge >= 0.3 is 0 Å². The number of ether oxygens (including phenoxy) is 1. The van der Waals surface area contributed by atoms with Gasteiger partial charge in [0.05, 0.1) is 23.6 Å². The first-order valence-corrected chi connectivity index (χ1v) is 5.86. The quantitative estimate of drug-likeness (QED) is 0.724. The molecule has 0 saturated carbocycles. The van der Waals surface area contributed by atoms with E-state index in [1.54, 1.807) is 29.2 Å². The van der Waals surface area contributed by atoms with Crippen molar-refractivity contribution in [2.75, 3.05) is 0 Å². The molecule has 0 N–H and O–H groups in total. The number of nitriles is 1. The molecule has 3 rings (SSSR count). The molecule has 0 bridgehead atoms. The highest BCUT2D eigenvalue weighted by Crippen LogP contribution is 2.21. The van der Waals surface area contributed by atoms with E-state index in [1.165, 1.54) is 6.20 Å². The Kier molecular flexibility index (Phi) is 3.08. The van der Waals surface area contributed by atoms with Crippen molar-refractivity contribution in [1.82, 2.24) is 20.0 Å². The van der Waals surface area contributed by atoms with Crippen molar-refractivity contribution in [3.63, 3.8) is 0 Å². The van der Waals surface area contributed by atoms with Crippen molar-refractivity contribution in [2.45, 2.75) is 0 Å². The van der Waals surface area contributed by atoms with Crippen molar-refractivity contribution >= 4 is 0 Å². The molecule has 0 aliphatic heterocycles. The van der Waals surface area contributed by atoms with Crippen LogP contribution in [0, 0.1) is 11.3 Å². The van der Waals surface area contributed by atoms with Crippen LogP contribution in [0.25, 0.3) is 5.69 Å². The second kappa shape index (κ2) is 5.20. The monoisotopic (exact) mass is 263 g/mol. The number of hydrogen-bond acceptors (Lipinski definition) is 5. The summed E-state index contributed by atoms with van der Waals surface area (Å²) in [6.45, 7) is 0. The van der Waals surface area contributed by atoms with Crippen LogP contribution < -0.4 is 4.74 Å². The average molecular weight is 263 g/mol. The van der Waals surface area contributed by atoms with Crippen LogP contribution >= 0.6 is 0 Å². The lowest BCUT2D eigenvalue weighted by atomic mass is 10.3. The predicted molar refractivity (Wildman–Crippen MR) is 70.4 cm³/mol. The fourth-order valence-electron chi connectivity index (χ4n) is 1.66. The Balaban J connectivity index is 1.84. The summed E-state index contributed by atoms with van der Waals surface area (Å²) in [6, 6.07) is 12.7. The van der Waals surface area contributed by atoms with Gasteiger partial charge in [-0.15, -0.1) is 5.10 Å². The summed E-state index contributed by atoms with van der Waals surface area (Å²) in [5.41, 5.74) is 1.34. The fourth-order valence-corrected chi connectivity index (χ4v) is 1.66. The molecule has 2 aromatic heterocycles. The molecule has 0 unspecified atom stereocenters. The molecule has 0 atom stereocenters. The van der Waals surface area contributed by atoms with Crippen LogP contribution in [0.5, 0.6) is 11.6 Å². The molecular formula is C14H9N5O. The van der Waals surface area contributed by atoms with Crippen molar-refractivity contribution in [3.05, 3.63) is 60.6 Å². The number of nitrogens with zero attached hydrogens (tertiary/aromatic N) is 5. The van der Waals surface area contributed by atoms with Gasteiger partial charge in [0.1, 0.15) is 11.8 Å². The molecule has 0 aliphatic carbocycles. The van der Waals surface area contributed by atoms with Gasteiger partial charge in [0.2, 0.25) is 5.88 Å². The van der Waals surface area contributed by atoms with E-state index >= 15 is 0 Å². The summed E-state index contributed by atoms with van der Waals surface area (Å²) in [4.78, 5) is 4.06. The molecule has 0 aliphatic rings. The number of benzene rings is 1. The number of aromatic nitrogens is 4. The highest BCUT2D eigenvalue weighted by atomic mass is 16.5. The molecular weight excluding hydrogens is 254 g/mol. The third-order valence-corrected chi connectivity index (χ3v) is 2.59.